The van der Waals surface area contributed by atoms with E-state index in [2.05, 4.69) is 67.1 Å². The summed E-state index contributed by atoms with van der Waals surface area (Å²) in [5.41, 5.74) is 11.5. The van der Waals surface area contributed by atoms with E-state index in [1.54, 1.807) is 18.2 Å². The zero-order chi connectivity index (χ0) is 50.3. The number of primary amides is 1. The molecule has 3 aromatic carbocycles. The molecular formula is C54H70ClN9O5S. The number of carbonyl (C=O) groups is 4. The summed E-state index contributed by atoms with van der Waals surface area (Å²) in [6, 6.07) is 22.0. The molecule has 0 unspecified atom stereocenters. The Morgan fingerprint density at radius 1 is 0.943 bits per heavy atom. The normalized spacial score (nSPS) is 20.7. The number of hydrogen-bond acceptors (Lipinski definition) is 9. The Kier molecular flexibility index (Phi) is 17.4. The largest absolute Gasteiger partial charge is 0.390 e. The molecule has 4 heterocycles. The van der Waals surface area contributed by atoms with Crippen LogP contribution >= 0.6 is 23.8 Å². The number of pyridine rings is 1. The Labute approximate surface area is 421 Å². The molecule has 2 fully saturated rings. The van der Waals surface area contributed by atoms with E-state index in [-0.39, 0.29) is 24.6 Å². The van der Waals surface area contributed by atoms with E-state index in [0.29, 0.717) is 29.9 Å². The Hall–Kier alpha value is -5.45. The van der Waals surface area contributed by atoms with Crippen LogP contribution in [0.5, 0.6) is 0 Å². The van der Waals surface area contributed by atoms with Gasteiger partial charge < -0.3 is 36.3 Å². The van der Waals surface area contributed by atoms with Gasteiger partial charge in [0.25, 0.3) is 5.91 Å². The molecule has 374 valence electrons. The summed E-state index contributed by atoms with van der Waals surface area (Å²) in [5, 5.41) is 22.2. The quantitative estimate of drug-likeness (QED) is 0.0480. The summed E-state index contributed by atoms with van der Waals surface area (Å²) in [6.07, 6.45) is 6.30. The minimum absolute atomic E-state index is 0.0566. The summed E-state index contributed by atoms with van der Waals surface area (Å²) >= 11 is 11.9. The number of rotatable bonds is 14. The Morgan fingerprint density at radius 3 is 2.37 bits per heavy atom. The van der Waals surface area contributed by atoms with Crippen molar-refractivity contribution < 1.29 is 24.3 Å². The number of hydrogen-bond donors (Lipinski definition) is 6. The second kappa shape index (κ2) is 23.2. The van der Waals surface area contributed by atoms with Gasteiger partial charge in [-0.25, -0.2) is 4.98 Å². The van der Waals surface area contributed by atoms with Crippen LogP contribution in [0.15, 0.2) is 90.5 Å². The van der Waals surface area contributed by atoms with E-state index in [9.17, 15) is 24.3 Å². The molecule has 0 radical (unpaired) electrons. The number of H-pyrrole nitrogens is 1. The number of aromatic amines is 1. The van der Waals surface area contributed by atoms with E-state index in [4.69, 9.17) is 29.6 Å². The number of halogens is 1. The molecule has 5 aromatic rings. The number of nitrogens with two attached hydrogens (primary N) is 1. The predicted molar refractivity (Wildman–Crippen MR) is 280 cm³/mol. The van der Waals surface area contributed by atoms with Gasteiger partial charge in [-0.1, -0.05) is 97.1 Å². The number of aliphatic hydroxyl groups is 1. The number of aromatic nitrogens is 3. The predicted octanol–water partition coefficient (Wildman–Crippen LogP) is 7.61. The van der Waals surface area contributed by atoms with E-state index in [1.165, 1.54) is 23.1 Å². The molecule has 1 aliphatic carbocycles. The van der Waals surface area contributed by atoms with E-state index in [0.717, 1.165) is 71.6 Å². The first kappa shape index (κ1) is 52.4. The maximum atomic E-state index is 13.8. The Balaban J connectivity index is 0.000000284. The van der Waals surface area contributed by atoms with Gasteiger partial charge in [-0.3, -0.25) is 29.0 Å². The highest BCUT2D eigenvalue weighted by molar-refractivity contribution is 7.71. The highest BCUT2D eigenvalue weighted by Crippen LogP contribution is 2.39. The Bertz CT molecular complexity index is 2750. The number of fused-ring (bicyclic) bond motifs is 2. The lowest BCUT2D eigenvalue weighted by Gasteiger charge is -2.47. The zero-order valence-corrected chi connectivity index (χ0v) is 42.9. The van der Waals surface area contributed by atoms with Crippen molar-refractivity contribution >= 4 is 69.4 Å². The molecule has 8 rings (SSSR count). The van der Waals surface area contributed by atoms with Crippen LogP contribution in [0, 0.1) is 16.6 Å². The number of β-amino-alcohol motifs (C(OH)–C–C–N with tert-alkyl or cyclic N) is 1. The van der Waals surface area contributed by atoms with E-state index in [1.807, 2.05) is 81.4 Å². The molecule has 70 heavy (non-hydrogen) atoms. The van der Waals surface area contributed by atoms with Crippen LogP contribution < -0.4 is 21.7 Å². The van der Waals surface area contributed by atoms with Gasteiger partial charge in [-0.15, -0.1) is 0 Å². The highest BCUT2D eigenvalue weighted by atomic mass is 35.5. The number of nitrogens with zero attached hydrogens (tertiary/aromatic N) is 4. The van der Waals surface area contributed by atoms with Crippen LogP contribution in [0.25, 0.3) is 21.9 Å². The van der Waals surface area contributed by atoms with Crippen molar-refractivity contribution in [3.63, 3.8) is 0 Å². The van der Waals surface area contributed by atoms with E-state index >= 15 is 0 Å². The number of likely N-dealkylation sites (tertiary alicyclic amines) is 1. The lowest BCUT2D eigenvalue weighted by Crippen LogP contribution is -2.61. The van der Waals surface area contributed by atoms with Gasteiger partial charge in [0.1, 0.15) is 11.7 Å². The molecule has 3 aliphatic rings. The van der Waals surface area contributed by atoms with Gasteiger partial charge in [0.05, 0.1) is 41.2 Å². The fraction of sp³-hybridized carbons (Fsp3) is 0.481. The van der Waals surface area contributed by atoms with Crippen molar-refractivity contribution in [2.75, 3.05) is 19.6 Å². The van der Waals surface area contributed by atoms with E-state index < -0.39 is 53.9 Å². The monoisotopic (exact) mass is 991 g/mol. The van der Waals surface area contributed by atoms with Gasteiger partial charge >= 0.3 is 0 Å². The number of allylic oxidation sites excluding steroid dienone is 1. The van der Waals surface area contributed by atoms with Gasteiger partial charge in [0, 0.05) is 60.3 Å². The number of amides is 4. The maximum Gasteiger partial charge on any atom is 0.270 e. The number of nitrogens with one attached hydrogen (secondary N) is 4. The molecular weight excluding hydrogens is 922 g/mol. The number of carbonyl (C=O) groups excluding carboxylic acids is 4. The molecule has 1 saturated heterocycles. The summed E-state index contributed by atoms with van der Waals surface area (Å²) < 4.78 is 2.98. The second-order valence-electron chi connectivity index (χ2n) is 20.7. The SMILES string of the molecule is CC(C)(C)NC(=O)[C@@H]1C[C@@H]2CCCC[C@@H]2CN1C[C@@H](O)[C@H](Cc1ccccc1)NC(=O)[C@@H](CC(N)=O)NC(=O)c1ccc2ccccc2n1.CC(C)=CCN1Cc2c(Cl)ccc3[nH]c(=S)n(c23)C[C@@H]1C. The average molecular weight is 993 g/mol. The molecule has 1 saturated carbocycles. The topological polar surface area (TPSA) is 191 Å². The molecule has 7 atom stereocenters. The number of imidazole rings is 1. The van der Waals surface area contributed by atoms with Crippen LogP contribution in [-0.2, 0) is 33.9 Å². The first-order valence-electron chi connectivity index (χ1n) is 24.6. The molecule has 14 nitrogen and oxygen atoms in total. The van der Waals surface area contributed by atoms with Crippen LogP contribution in [0.2, 0.25) is 5.02 Å². The lowest BCUT2D eigenvalue weighted by molar-refractivity contribution is -0.133. The molecule has 2 aliphatic heterocycles. The fourth-order valence-electron chi connectivity index (χ4n) is 10.2. The summed E-state index contributed by atoms with van der Waals surface area (Å²) in [7, 11) is 0. The van der Waals surface area contributed by atoms with Crippen molar-refractivity contribution in [2.45, 2.75) is 135 Å². The minimum Gasteiger partial charge on any atom is -0.390 e. The van der Waals surface area contributed by atoms with Crippen LogP contribution in [0.1, 0.15) is 102 Å². The third kappa shape index (κ3) is 13.5. The smallest absolute Gasteiger partial charge is 0.270 e. The van der Waals surface area contributed by atoms with Gasteiger partial charge in [-0.05, 0) is 115 Å². The van der Waals surface area contributed by atoms with Gasteiger partial charge in [-0.2, -0.15) is 0 Å². The number of benzene rings is 3. The second-order valence-corrected chi connectivity index (χ2v) is 21.5. The van der Waals surface area contributed by atoms with Gasteiger partial charge in [0.2, 0.25) is 17.7 Å². The van der Waals surface area contributed by atoms with Crippen molar-refractivity contribution in [1.82, 2.24) is 40.3 Å². The number of aliphatic hydroxyl groups excluding tert-OH is 1. The van der Waals surface area contributed by atoms with Crippen molar-refractivity contribution in [2.24, 2.45) is 17.6 Å². The lowest BCUT2D eigenvalue weighted by atomic mass is 9.72. The Morgan fingerprint density at radius 2 is 1.66 bits per heavy atom. The maximum absolute atomic E-state index is 13.8. The van der Waals surface area contributed by atoms with Crippen LogP contribution in [-0.4, -0.2) is 109 Å². The molecule has 4 amide bonds. The molecule has 16 heteroatoms. The van der Waals surface area contributed by atoms with Gasteiger partial charge in [0.15, 0.2) is 4.77 Å². The first-order valence-corrected chi connectivity index (χ1v) is 25.4. The van der Waals surface area contributed by atoms with Crippen LogP contribution in [0.3, 0.4) is 0 Å². The van der Waals surface area contributed by atoms with Crippen molar-refractivity contribution in [1.29, 1.82) is 0 Å². The highest BCUT2D eigenvalue weighted by Gasteiger charge is 2.42. The standard InChI is InChI=1S/C38H50N6O5.C16H20ClN3S/c1-38(2,3)43-37(49)32-20-26-14-7-8-15-27(26)22-44(32)23-33(45)30(19-24-11-5-4-6-12-24)41-36(48)31(21-34(39)46)42-35(47)29-18-17-25-13-9-10-16-28(25)40-29;1-10(2)6-7-19-9-12-13(17)4-5-14-15(12)20(8-11(19)3)16(21)18-14/h4-6,9-13,16-18,26-27,30-33,45H,7-8,14-15,19-23H2,1-3H3,(H2,39,46)(H,41,48)(H,42,47)(H,43,49);4-6,11H,7-9H2,1-3H3,(H,18,21)/t26-,27+,30-,31+,32-,33+;11-/m00/s1. The molecule has 7 N–H and O–H groups in total. The average Bonchev–Trinajstić information content (AvgIpc) is 3.54. The number of piperidine rings is 1. The molecule has 0 bridgehead atoms. The van der Waals surface area contributed by atoms with Crippen molar-refractivity contribution in [3.8, 4) is 0 Å². The first-order chi connectivity index (χ1) is 33.3. The third-order valence-corrected chi connectivity index (χ3v) is 14.5. The minimum atomic E-state index is -1.30. The summed E-state index contributed by atoms with van der Waals surface area (Å²) in [5.74, 6) is -1.20. The summed E-state index contributed by atoms with van der Waals surface area (Å²) in [6.45, 7) is 15.9. The third-order valence-electron chi connectivity index (χ3n) is 13.8. The van der Waals surface area contributed by atoms with Crippen LogP contribution in [0.4, 0.5) is 0 Å². The molecule has 2 aromatic heterocycles. The zero-order valence-electron chi connectivity index (χ0n) is 41.3. The molecule has 0 spiro atoms. The number of para-hydroxylation sites is 1. The summed E-state index contributed by atoms with van der Waals surface area (Å²) in [4.78, 5) is 65.0. The van der Waals surface area contributed by atoms with Crippen molar-refractivity contribution in [3.05, 3.63) is 117 Å². The fourth-order valence-corrected chi connectivity index (χ4v) is 10.7.